The molecule has 0 radical (unpaired) electrons. The Morgan fingerprint density at radius 3 is 2.00 bits per heavy atom. The highest BCUT2D eigenvalue weighted by Crippen LogP contribution is 2.11. The van der Waals surface area contributed by atoms with Gasteiger partial charge in [-0.25, -0.2) is 0 Å². The molecular weight excluding hydrogens is 148 g/mol. The molecule has 0 aromatic heterocycles. The van der Waals surface area contributed by atoms with Crippen LogP contribution in [0.1, 0.15) is 27.7 Å². The maximum atomic E-state index is 5.60. The van der Waals surface area contributed by atoms with Crippen LogP contribution in [0.5, 0.6) is 0 Å². The van der Waals surface area contributed by atoms with Gasteiger partial charge in [-0.15, -0.1) is 0 Å². The molecule has 0 saturated heterocycles. The molecule has 0 heterocycles. The Morgan fingerprint density at radius 1 is 1.20 bits per heavy atom. The van der Waals surface area contributed by atoms with Crippen LogP contribution in [0.15, 0.2) is 0 Å². The zero-order valence-electron chi connectivity index (χ0n) is 7.23. The molecule has 0 aromatic rings. The smallest absolute Gasteiger partial charge is 0.128 e. The van der Waals surface area contributed by atoms with Gasteiger partial charge >= 0.3 is 0 Å². The lowest BCUT2D eigenvalue weighted by Gasteiger charge is -2.16. The van der Waals surface area contributed by atoms with Crippen molar-refractivity contribution in [3.8, 4) is 0 Å². The third kappa shape index (κ3) is 5.07. The van der Waals surface area contributed by atoms with Crippen LogP contribution in [0, 0.1) is 11.8 Å². The lowest BCUT2D eigenvalue weighted by molar-refractivity contribution is 0.0771. The molecule has 1 nitrogen and oxygen atoms in total. The molecule has 0 spiro atoms. The predicted octanol–water partition coefficient (Wildman–Crippen LogP) is 2.88. The van der Waals surface area contributed by atoms with Crippen molar-refractivity contribution in [2.24, 2.45) is 11.8 Å². The first-order chi connectivity index (χ1) is 4.54. The van der Waals surface area contributed by atoms with Crippen LogP contribution in [0.25, 0.3) is 0 Å². The van der Waals surface area contributed by atoms with Crippen LogP contribution in [-0.4, -0.2) is 12.2 Å². The predicted molar refractivity (Wildman–Crippen MR) is 45.3 cm³/mol. The molecule has 0 aliphatic rings. The quantitative estimate of drug-likeness (QED) is 0.581. The topological polar surface area (TPSA) is 9.23 Å². The summed E-state index contributed by atoms with van der Waals surface area (Å²) in [6.07, 6.45) is 0. The van der Waals surface area contributed by atoms with Gasteiger partial charge in [0.2, 0.25) is 0 Å². The number of hydrogen-bond acceptors (Lipinski definition) is 1. The third-order valence-corrected chi connectivity index (χ3v) is 1.85. The minimum Gasteiger partial charge on any atom is -0.363 e. The number of hydrogen-bond donors (Lipinski definition) is 0. The molecule has 10 heavy (non-hydrogen) atoms. The Bertz CT molecular complexity index is 81.3. The van der Waals surface area contributed by atoms with E-state index in [-0.39, 0.29) is 5.56 Å². The Kier molecular flexibility index (Phi) is 5.10. The van der Waals surface area contributed by atoms with Crippen molar-refractivity contribution in [3.63, 3.8) is 0 Å². The summed E-state index contributed by atoms with van der Waals surface area (Å²) >= 11 is 5.60. The summed E-state index contributed by atoms with van der Waals surface area (Å²) in [7, 11) is 0. The second-order valence-electron chi connectivity index (χ2n) is 3.10. The zero-order chi connectivity index (χ0) is 8.15. The van der Waals surface area contributed by atoms with E-state index in [1.54, 1.807) is 0 Å². The standard InChI is InChI=1S/C8H17ClO/c1-6(2)7(3)5-10-8(4)9/h6-8H,5H2,1-4H3. The fourth-order valence-corrected chi connectivity index (χ4v) is 0.550. The highest BCUT2D eigenvalue weighted by molar-refractivity contribution is 6.19. The van der Waals surface area contributed by atoms with Crippen molar-refractivity contribution in [3.05, 3.63) is 0 Å². The highest BCUT2D eigenvalue weighted by Gasteiger charge is 2.07. The van der Waals surface area contributed by atoms with Gasteiger partial charge in [0, 0.05) is 0 Å². The van der Waals surface area contributed by atoms with Crippen LogP contribution >= 0.6 is 11.6 Å². The van der Waals surface area contributed by atoms with Gasteiger partial charge in [0.1, 0.15) is 5.56 Å². The van der Waals surface area contributed by atoms with Crippen LogP contribution in [0.3, 0.4) is 0 Å². The van der Waals surface area contributed by atoms with Gasteiger partial charge in [-0.3, -0.25) is 0 Å². The van der Waals surface area contributed by atoms with Crippen molar-refractivity contribution in [2.45, 2.75) is 33.3 Å². The second-order valence-corrected chi connectivity index (χ2v) is 3.71. The van der Waals surface area contributed by atoms with Gasteiger partial charge in [-0.2, -0.15) is 0 Å². The highest BCUT2D eigenvalue weighted by atomic mass is 35.5. The average molecular weight is 165 g/mol. The minimum atomic E-state index is -0.152. The van der Waals surface area contributed by atoms with Crippen molar-refractivity contribution in [1.29, 1.82) is 0 Å². The number of alkyl halides is 1. The number of ether oxygens (including phenoxy) is 1. The van der Waals surface area contributed by atoms with E-state index >= 15 is 0 Å². The van der Waals surface area contributed by atoms with E-state index in [0.717, 1.165) is 6.61 Å². The van der Waals surface area contributed by atoms with E-state index in [0.29, 0.717) is 11.8 Å². The van der Waals surface area contributed by atoms with Crippen LogP contribution < -0.4 is 0 Å². The molecule has 0 aliphatic heterocycles. The minimum absolute atomic E-state index is 0.152. The SMILES string of the molecule is CC(Cl)OCC(C)C(C)C. The molecule has 0 amide bonds. The van der Waals surface area contributed by atoms with Crippen LogP contribution in [0.4, 0.5) is 0 Å². The molecule has 2 unspecified atom stereocenters. The van der Waals surface area contributed by atoms with Gasteiger partial charge in [0.05, 0.1) is 6.61 Å². The maximum absolute atomic E-state index is 5.60. The van der Waals surface area contributed by atoms with Crippen LogP contribution in [-0.2, 0) is 4.74 Å². The Hall–Kier alpha value is 0.250. The lowest BCUT2D eigenvalue weighted by atomic mass is 9.99. The second kappa shape index (κ2) is 4.97. The van der Waals surface area contributed by atoms with Gasteiger partial charge in [0.25, 0.3) is 0 Å². The van der Waals surface area contributed by atoms with Crippen molar-refractivity contribution in [2.75, 3.05) is 6.61 Å². The Morgan fingerprint density at radius 2 is 1.70 bits per heavy atom. The molecule has 2 atom stereocenters. The van der Waals surface area contributed by atoms with Gasteiger partial charge in [-0.1, -0.05) is 32.4 Å². The summed E-state index contributed by atoms with van der Waals surface area (Å²) in [6, 6.07) is 0. The molecule has 0 bridgehead atoms. The Balaban J connectivity index is 3.30. The van der Waals surface area contributed by atoms with Crippen molar-refractivity contribution in [1.82, 2.24) is 0 Å². The number of rotatable bonds is 4. The molecular formula is C8H17ClO. The normalized spacial score (nSPS) is 17.4. The largest absolute Gasteiger partial charge is 0.363 e. The first kappa shape index (κ1) is 10.2. The van der Waals surface area contributed by atoms with Gasteiger partial charge in [-0.05, 0) is 18.8 Å². The van der Waals surface area contributed by atoms with E-state index in [9.17, 15) is 0 Å². The molecule has 0 N–H and O–H groups in total. The van der Waals surface area contributed by atoms with Crippen molar-refractivity contribution < 1.29 is 4.74 Å². The summed E-state index contributed by atoms with van der Waals surface area (Å²) in [4.78, 5) is 0. The molecule has 2 heteroatoms. The third-order valence-electron chi connectivity index (χ3n) is 1.73. The van der Waals surface area contributed by atoms with Gasteiger partial charge in [0.15, 0.2) is 0 Å². The first-order valence-corrected chi connectivity index (χ1v) is 4.23. The average Bonchev–Trinajstić information content (AvgIpc) is 1.82. The van der Waals surface area contributed by atoms with Crippen LogP contribution in [0.2, 0.25) is 0 Å². The lowest BCUT2D eigenvalue weighted by Crippen LogP contribution is -2.14. The molecule has 62 valence electrons. The zero-order valence-corrected chi connectivity index (χ0v) is 7.98. The summed E-state index contributed by atoms with van der Waals surface area (Å²) in [5.74, 6) is 1.27. The maximum Gasteiger partial charge on any atom is 0.128 e. The van der Waals surface area contributed by atoms with E-state index in [1.165, 1.54) is 0 Å². The molecule has 0 saturated carbocycles. The first-order valence-electron chi connectivity index (χ1n) is 3.79. The fraction of sp³-hybridized carbons (Fsp3) is 1.00. The fourth-order valence-electron chi connectivity index (χ4n) is 0.477. The van der Waals surface area contributed by atoms with Crippen molar-refractivity contribution >= 4 is 11.6 Å². The Labute approximate surface area is 68.7 Å². The van der Waals surface area contributed by atoms with E-state index in [2.05, 4.69) is 20.8 Å². The number of halogens is 1. The monoisotopic (exact) mass is 164 g/mol. The van der Waals surface area contributed by atoms with E-state index in [4.69, 9.17) is 16.3 Å². The summed E-state index contributed by atoms with van der Waals surface area (Å²) in [6.45, 7) is 9.15. The van der Waals surface area contributed by atoms with E-state index < -0.39 is 0 Å². The molecule has 0 aromatic carbocycles. The summed E-state index contributed by atoms with van der Waals surface area (Å²) < 4.78 is 5.23. The van der Waals surface area contributed by atoms with Gasteiger partial charge < -0.3 is 4.74 Å². The summed E-state index contributed by atoms with van der Waals surface area (Å²) in [5.41, 5.74) is -0.152. The van der Waals surface area contributed by atoms with E-state index in [1.807, 2.05) is 6.92 Å². The summed E-state index contributed by atoms with van der Waals surface area (Å²) in [5, 5.41) is 0. The molecule has 0 aliphatic carbocycles. The molecule has 0 rings (SSSR count). The molecule has 0 fully saturated rings.